The summed E-state index contributed by atoms with van der Waals surface area (Å²) in [5.41, 5.74) is 0.628. The first-order chi connectivity index (χ1) is 8.12. The van der Waals surface area contributed by atoms with Crippen LogP contribution in [0.4, 0.5) is 0 Å². The van der Waals surface area contributed by atoms with Gasteiger partial charge in [0.2, 0.25) is 0 Å². The Balaban J connectivity index is 1.61. The first kappa shape index (κ1) is 11.2. The van der Waals surface area contributed by atoms with E-state index in [-0.39, 0.29) is 0 Å². The molecule has 0 radical (unpaired) electrons. The molecule has 2 heterocycles. The van der Waals surface area contributed by atoms with Crippen LogP contribution >= 0.6 is 0 Å². The summed E-state index contributed by atoms with van der Waals surface area (Å²) in [6.45, 7) is 6.92. The summed E-state index contributed by atoms with van der Waals surface area (Å²) in [5, 5.41) is 7.50. The fourth-order valence-electron chi connectivity index (χ4n) is 3.41. The van der Waals surface area contributed by atoms with Gasteiger partial charge in [0.05, 0.1) is 0 Å². The molecular weight excluding hydrogens is 212 g/mol. The van der Waals surface area contributed by atoms with Crippen LogP contribution in [0.2, 0.25) is 0 Å². The van der Waals surface area contributed by atoms with Gasteiger partial charge in [0.1, 0.15) is 5.82 Å². The second kappa shape index (κ2) is 3.80. The molecule has 2 fully saturated rings. The molecule has 4 heteroatoms. The van der Waals surface area contributed by atoms with Crippen LogP contribution in [-0.4, -0.2) is 40.2 Å². The molecule has 17 heavy (non-hydrogen) atoms. The van der Waals surface area contributed by atoms with Crippen molar-refractivity contribution in [3.05, 3.63) is 11.6 Å². The Bertz CT molecular complexity index is 397. The lowest BCUT2D eigenvalue weighted by Crippen LogP contribution is -2.60. The zero-order valence-corrected chi connectivity index (χ0v) is 11.0. The van der Waals surface area contributed by atoms with E-state index in [4.69, 9.17) is 0 Å². The highest BCUT2D eigenvalue weighted by molar-refractivity contribution is 5.14. The third-order valence-corrected chi connectivity index (χ3v) is 4.53. The van der Waals surface area contributed by atoms with Crippen molar-refractivity contribution in [1.82, 2.24) is 20.1 Å². The van der Waals surface area contributed by atoms with Crippen molar-refractivity contribution in [2.75, 3.05) is 20.1 Å². The second-order valence-corrected chi connectivity index (χ2v) is 6.17. The number of nitrogens with zero attached hydrogens (tertiary/aromatic N) is 3. The summed E-state index contributed by atoms with van der Waals surface area (Å²) in [4.78, 5) is 7.07. The van der Waals surface area contributed by atoms with E-state index in [2.05, 4.69) is 41.0 Å². The van der Waals surface area contributed by atoms with Crippen LogP contribution in [-0.2, 0) is 0 Å². The van der Waals surface area contributed by atoms with E-state index in [1.165, 1.54) is 25.9 Å². The maximum Gasteiger partial charge on any atom is 0.153 e. The number of hydrogen-bond donors (Lipinski definition) is 1. The smallest absolute Gasteiger partial charge is 0.153 e. The minimum atomic E-state index is 0.476. The van der Waals surface area contributed by atoms with Gasteiger partial charge in [-0.15, -0.1) is 0 Å². The molecule has 1 N–H and O–H groups in total. The average Bonchev–Trinajstić information content (AvgIpc) is 2.69. The standard InChI is InChI=1S/C13H22N4/c1-4-9(2)11-14-12(16-15-11)10-5-13(6-10)7-17(3)8-13/h9-10H,4-8H2,1-3H3,(H,14,15,16). The van der Waals surface area contributed by atoms with E-state index in [0.29, 0.717) is 17.3 Å². The molecule has 94 valence electrons. The lowest BCUT2D eigenvalue weighted by Gasteiger charge is -2.57. The maximum absolute atomic E-state index is 4.67. The molecule has 1 saturated heterocycles. The molecule has 1 spiro atoms. The van der Waals surface area contributed by atoms with Crippen LogP contribution in [0.1, 0.15) is 56.6 Å². The summed E-state index contributed by atoms with van der Waals surface area (Å²) < 4.78 is 0. The van der Waals surface area contributed by atoms with Gasteiger partial charge in [-0.05, 0) is 31.7 Å². The van der Waals surface area contributed by atoms with Gasteiger partial charge in [-0.3, -0.25) is 5.10 Å². The number of nitrogens with one attached hydrogen (secondary N) is 1. The molecule has 1 saturated carbocycles. The molecule has 1 aliphatic carbocycles. The first-order valence-electron chi connectivity index (χ1n) is 6.72. The number of likely N-dealkylation sites (tertiary alicyclic amines) is 1. The molecular formula is C13H22N4. The van der Waals surface area contributed by atoms with Crippen LogP contribution < -0.4 is 0 Å². The highest BCUT2D eigenvalue weighted by atomic mass is 15.2. The van der Waals surface area contributed by atoms with Gasteiger partial charge in [0, 0.05) is 24.9 Å². The van der Waals surface area contributed by atoms with Crippen LogP contribution in [0.15, 0.2) is 0 Å². The Morgan fingerprint density at radius 1 is 1.47 bits per heavy atom. The number of aromatic amines is 1. The zero-order valence-electron chi connectivity index (χ0n) is 11.0. The number of hydrogen-bond acceptors (Lipinski definition) is 3. The van der Waals surface area contributed by atoms with Crippen LogP contribution in [0.3, 0.4) is 0 Å². The third kappa shape index (κ3) is 1.79. The quantitative estimate of drug-likeness (QED) is 0.871. The molecule has 1 aromatic rings. The van der Waals surface area contributed by atoms with Crippen LogP contribution in [0.25, 0.3) is 0 Å². The summed E-state index contributed by atoms with van der Waals surface area (Å²) in [7, 11) is 2.20. The van der Waals surface area contributed by atoms with Gasteiger partial charge in [-0.1, -0.05) is 13.8 Å². The molecule has 1 atom stereocenters. The van der Waals surface area contributed by atoms with Gasteiger partial charge in [0.25, 0.3) is 0 Å². The minimum Gasteiger partial charge on any atom is -0.305 e. The Morgan fingerprint density at radius 3 is 2.76 bits per heavy atom. The lowest BCUT2D eigenvalue weighted by atomic mass is 9.57. The van der Waals surface area contributed by atoms with Gasteiger partial charge in [0.15, 0.2) is 5.82 Å². The van der Waals surface area contributed by atoms with E-state index in [0.717, 1.165) is 18.1 Å². The summed E-state index contributed by atoms with van der Waals surface area (Å²) in [6, 6.07) is 0. The van der Waals surface area contributed by atoms with Crippen molar-refractivity contribution in [1.29, 1.82) is 0 Å². The van der Waals surface area contributed by atoms with Crippen molar-refractivity contribution in [3.63, 3.8) is 0 Å². The van der Waals surface area contributed by atoms with E-state index in [1.54, 1.807) is 0 Å². The SMILES string of the molecule is CCC(C)c1n[nH]c(C2CC3(C2)CN(C)C3)n1. The fourth-order valence-corrected chi connectivity index (χ4v) is 3.41. The molecule has 0 bridgehead atoms. The van der Waals surface area contributed by atoms with Crippen molar-refractivity contribution < 1.29 is 0 Å². The van der Waals surface area contributed by atoms with Crippen molar-refractivity contribution in [3.8, 4) is 0 Å². The number of rotatable bonds is 3. The Morgan fingerprint density at radius 2 is 2.18 bits per heavy atom. The Labute approximate surface area is 103 Å². The summed E-state index contributed by atoms with van der Waals surface area (Å²) in [5.74, 6) is 3.23. The monoisotopic (exact) mass is 234 g/mol. The molecule has 1 unspecified atom stereocenters. The largest absolute Gasteiger partial charge is 0.305 e. The molecule has 3 rings (SSSR count). The van der Waals surface area contributed by atoms with Gasteiger partial charge >= 0.3 is 0 Å². The lowest BCUT2D eigenvalue weighted by molar-refractivity contribution is -0.0601. The van der Waals surface area contributed by atoms with E-state index in [1.807, 2.05) is 0 Å². The van der Waals surface area contributed by atoms with Crippen molar-refractivity contribution in [2.45, 2.75) is 44.9 Å². The first-order valence-corrected chi connectivity index (χ1v) is 6.72. The molecule has 0 amide bonds. The molecule has 4 nitrogen and oxygen atoms in total. The van der Waals surface area contributed by atoms with Crippen LogP contribution in [0.5, 0.6) is 0 Å². The Kier molecular flexibility index (Phi) is 2.51. The zero-order chi connectivity index (χ0) is 12.0. The topological polar surface area (TPSA) is 44.8 Å². The van der Waals surface area contributed by atoms with Gasteiger partial charge in [-0.2, -0.15) is 5.10 Å². The second-order valence-electron chi connectivity index (χ2n) is 6.17. The maximum atomic E-state index is 4.67. The third-order valence-electron chi connectivity index (χ3n) is 4.53. The molecule has 1 aromatic heterocycles. The van der Waals surface area contributed by atoms with E-state index < -0.39 is 0 Å². The number of aromatic nitrogens is 3. The van der Waals surface area contributed by atoms with Crippen LogP contribution in [0, 0.1) is 5.41 Å². The summed E-state index contributed by atoms with van der Waals surface area (Å²) in [6.07, 6.45) is 3.70. The Hall–Kier alpha value is -0.900. The highest BCUT2D eigenvalue weighted by Gasteiger charge is 2.52. The predicted molar refractivity (Wildman–Crippen MR) is 67.0 cm³/mol. The number of H-pyrrole nitrogens is 1. The highest BCUT2D eigenvalue weighted by Crippen LogP contribution is 2.54. The van der Waals surface area contributed by atoms with Gasteiger partial charge in [-0.25, -0.2) is 4.98 Å². The summed E-state index contributed by atoms with van der Waals surface area (Å²) >= 11 is 0. The van der Waals surface area contributed by atoms with E-state index in [9.17, 15) is 0 Å². The normalized spacial score (nSPS) is 25.6. The fraction of sp³-hybridized carbons (Fsp3) is 0.846. The van der Waals surface area contributed by atoms with Crippen molar-refractivity contribution >= 4 is 0 Å². The molecule has 0 aromatic carbocycles. The van der Waals surface area contributed by atoms with E-state index >= 15 is 0 Å². The molecule has 1 aliphatic heterocycles. The minimum absolute atomic E-state index is 0.476. The van der Waals surface area contributed by atoms with Crippen molar-refractivity contribution in [2.24, 2.45) is 5.41 Å². The predicted octanol–water partition coefficient (Wildman–Crippen LogP) is 2.13. The molecule has 2 aliphatic rings. The van der Waals surface area contributed by atoms with Gasteiger partial charge < -0.3 is 4.90 Å². The average molecular weight is 234 g/mol.